The Labute approximate surface area is 187 Å². The molecule has 0 N–H and O–H groups in total. The van der Waals surface area contributed by atoms with Gasteiger partial charge >= 0.3 is 0 Å². The number of halogens is 1. The van der Waals surface area contributed by atoms with Crippen molar-refractivity contribution >= 4 is 44.9 Å². The maximum absolute atomic E-state index is 12.5. The Morgan fingerprint density at radius 3 is 2.73 bits per heavy atom. The second kappa shape index (κ2) is 9.83. The number of ether oxygens (including phenoxy) is 2. The number of nitriles is 1. The van der Waals surface area contributed by atoms with Gasteiger partial charge < -0.3 is 9.47 Å². The van der Waals surface area contributed by atoms with Crippen LogP contribution in [0.25, 0.3) is 6.08 Å². The molecule has 0 bridgehead atoms. The Bertz CT molecular complexity index is 1060. The van der Waals surface area contributed by atoms with Crippen LogP contribution in [-0.2, 0) is 11.4 Å². The molecule has 8 heteroatoms. The molecule has 1 saturated heterocycles. The molecule has 0 aromatic heterocycles. The summed E-state index contributed by atoms with van der Waals surface area (Å²) in [5.41, 5.74) is 2.01. The minimum Gasteiger partial charge on any atom is -0.493 e. The predicted molar refractivity (Wildman–Crippen MR) is 119 cm³/mol. The lowest BCUT2D eigenvalue weighted by Gasteiger charge is -2.14. The van der Waals surface area contributed by atoms with E-state index in [0.29, 0.717) is 45.0 Å². The standard InChI is InChI=1S/C22H19BrN2O4S/c1-3-8-25-21(26)19(30-22(25)27)11-14-9-17(23)20(18(10-14)28-2)29-13-16-7-5-4-6-15(16)12-24/h4-7,9-11H,3,8,13H2,1-2H3/b19-11+. The number of benzene rings is 2. The molecule has 3 rings (SSSR count). The van der Waals surface area contributed by atoms with Crippen LogP contribution in [-0.4, -0.2) is 29.7 Å². The molecule has 0 unspecified atom stereocenters. The van der Waals surface area contributed by atoms with Crippen LogP contribution < -0.4 is 9.47 Å². The number of rotatable bonds is 7. The smallest absolute Gasteiger partial charge is 0.293 e. The highest BCUT2D eigenvalue weighted by Crippen LogP contribution is 2.39. The zero-order valence-corrected chi connectivity index (χ0v) is 18.9. The van der Waals surface area contributed by atoms with Crippen LogP contribution in [0.2, 0.25) is 0 Å². The molecule has 0 aliphatic carbocycles. The third kappa shape index (κ3) is 4.69. The molecule has 154 valence electrons. The molecule has 6 nitrogen and oxygen atoms in total. The molecule has 1 heterocycles. The van der Waals surface area contributed by atoms with Crippen LogP contribution in [0.4, 0.5) is 4.79 Å². The average Bonchev–Trinajstić information content (AvgIpc) is 3.00. The van der Waals surface area contributed by atoms with Crippen LogP contribution in [0.1, 0.15) is 30.0 Å². The highest BCUT2D eigenvalue weighted by atomic mass is 79.9. The third-order valence-corrected chi connectivity index (χ3v) is 5.88. The number of carbonyl (C=O) groups excluding carboxylic acids is 2. The lowest BCUT2D eigenvalue weighted by Crippen LogP contribution is -2.28. The first kappa shape index (κ1) is 21.9. The SMILES string of the molecule is CCCN1C(=O)S/C(=C/c2cc(Br)c(OCc3ccccc3C#N)c(OC)c2)C1=O. The van der Waals surface area contributed by atoms with E-state index in [2.05, 4.69) is 22.0 Å². The highest BCUT2D eigenvalue weighted by molar-refractivity contribution is 9.10. The van der Waals surface area contributed by atoms with Gasteiger partial charge in [-0.2, -0.15) is 5.26 Å². The van der Waals surface area contributed by atoms with Gasteiger partial charge in [0.15, 0.2) is 11.5 Å². The number of thioether (sulfide) groups is 1. The van der Waals surface area contributed by atoms with Gasteiger partial charge in [0.1, 0.15) is 6.61 Å². The number of carbonyl (C=O) groups is 2. The average molecular weight is 487 g/mol. The van der Waals surface area contributed by atoms with Crippen LogP contribution in [0.5, 0.6) is 11.5 Å². The summed E-state index contributed by atoms with van der Waals surface area (Å²) >= 11 is 4.42. The minimum absolute atomic E-state index is 0.202. The maximum Gasteiger partial charge on any atom is 0.293 e. The van der Waals surface area contributed by atoms with Gasteiger partial charge in [0, 0.05) is 12.1 Å². The maximum atomic E-state index is 12.5. The summed E-state index contributed by atoms with van der Waals surface area (Å²) in [6.07, 6.45) is 2.38. The first-order valence-corrected chi connectivity index (χ1v) is 10.8. The molecular formula is C22H19BrN2O4S. The quantitative estimate of drug-likeness (QED) is 0.490. The van der Waals surface area contributed by atoms with Gasteiger partial charge in [-0.25, -0.2) is 0 Å². The van der Waals surface area contributed by atoms with Crippen molar-refractivity contribution in [3.8, 4) is 17.6 Å². The zero-order valence-electron chi connectivity index (χ0n) is 16.5. The van der Waals surface area contributed by atoms with E-state index in [4.69, 9.17) is 9.47 Å². The van der Waals surface area contributed by atoms with Crippen molar-refractivity contribution < 1.29 is 19.1 Å². The van der Waals surface area contributed by atoms with Crippen molar-refractivity contribution in [2.75, 3.05) is 13.7 Å². The Morgan fingerprint density at radius 1 is 1.27 bits per heavy atom. The Kier molecular flexibility index (Phi) is 7.19. The number of methoxy groups -OCH3 is 1. The largest absolute Gasteiger partial charge is 0.493 e. The summed E-state index contributed by atoms with van der Waals surface area (Å²) in [5, 5.41) is 8.98. The number of imide groups is 1. The lowest BCUT2D eigenvalue weighted by molar-refractivity contribution is -0.122. The van der Waals surface area contributed by atoms with E-state index in [1.165, 1.54) is 12.0 Å². The van der Waals surface area contributed by atoms with Gasteiger partial charge in [-0.05, 0) is 64.0 Å². The first-order valence-electron chi connectivity index (χ1n) is 9.22. The second-order valence-electron chi connectivity index (χ2n) is 6.43. The van der Waals surface area contributed by atoms with Crippen molar-refractivity contribution in [1.82, 2.24) is 4.90 Å². The minimum atomic E-state index is -0.282. The molecule has 30 heavy (non-hydrogen) atoms. The van der Waals surface area contributed by atoms with Crippen LogP contribution in [0, 0.1) is 11.3 Å². The van der Waals surface area contributed by atoms with E-state index in [1.54, 1.807) is 30.3 Å². The molecule has 0 atom stereocenters. The molecule has 2 amide bonds. The van der Waals surface area contributed by atoms with Gasteiger partial charge in [0.2, 0.25) is 0 Å². The lowest BCUT2D eigenvalue weighted by atomic mass is 10.1. The number of nitrogens with zero attached hydrogens (tertiary/aromatic N) is 2. The molecule has 1 fully saturated rings. The van der Waals surface area contributed by atoms with Crippen molar-refractivity contribution in [1.29, 1.82) is 5.26 Å². The van der Waals surface area contributed by atoms with Gasteiger partial charge in [-0.1, -0.05) is 25.1 Å². The van der Waals surface area contributed by atoms with Crippen LogP contribution >= 0.6 is 27.7 Å². The second-order valence-corrected chi connectivity index (χ2v) is 8.27. The fourth-order valence-corrected chi connectivity index (χ4v) is 4.38. The zero-order chi connectivity index (χ0) is 21.7. The summed E-state index contributed by atoms with van der Waals surface area (Å²) in [4.78, 5) is 26.1. The van der Waals surface area contributed by atoms with Gasteiger partial charge in [0.05, 0.1) is 28.1 Å². The van der Waals surface area contributed by atoms with Gasteiger partial charge in [0.25, 0.3) is 11.1 Å². The monoisotopic (exact) mass is 486 g/mol. The summed E-state index contributed by atoms with van der Waals surface area (Å²) in [5.74, 6) is 0.676. The highest BCUT2D eigenvalue weighted by Gasteiger charge is 2.34. The number of hydrogen-bond acceptors (Lipinski definition) is 6. The van der Waals surface area contributed by atoms with E-state index in [-0.39, 0.29) is 17.8 Å². The molecule has 2 aromatic carbocycles. The predicted octanol–water partition coefficient (Wildman–Crippen LogP) is 5.35. The summed E-state index contributed by atoms with van der Waals surface area (Å²) in [7, 11) is 1.52. The van der Waals surface area contributed by atoms with Crippen molar-refractivity contribution in [2.45, 2.75) is 20.0 Å². The van der Waals surface area contributed by atoms with Crippen molar-refractivity contribution in [3.05, 3.63) is 62.5 Å². The molecule has 1 aliphatic heterocycles. The van der Waals surface area contributed by atoms with E-state index in [0.717, 1.165) is 17.3 Å². The van der Waals surface area contributed by atoms with Crippen LogP contribution in [0.3, 0.4) is 0 Å². The number of amides is 2. The number of hydrogen-bond donors (Lipinski definition) is 0. The fraction of sp³-hybridized carbons (Fsp3) is 0.227. The van der Waals surface area contributed by atoms with Gasteiger partial charge in [-0.15, -0.1) is 0 Å². The van der Waals surface area contributed by atoms with Crippen molar-refractivity contribution in [3.63, 3.8) is 0 Å². The molecule has 0 spiro atoms. The van der Waals surface area contributed by atoms with E-state index < -0.39 is 0 Å². The molecule has 2 aromatic rings. The van der Waals surface area contributed by atoms with Gasteiger partial charge in [-0.3, -0.25) is 14.5 Å². The Balaban J connectivity index is 1.85. The molecular weight excluding hydrogens is 468 g/mol. The third-order valence-electron chi connectivity index (χ3n) is 4.38. The molecule has 0 saturated carbocycles. The molecule has 1 aliphatic rings. The summed E-state index contributed by atoms with van der Waals surface area (Å²) in [6.45, 7) is 2.53. The fourth-order valence-electron chi connectivity index (χ4n) is 2.94. The first-order chi connectivity index (χ1) is 14.5. The van der Waals surface area contributed by atoms with E-state index in [1.807, 2.05) is 19.1 Å². The summed E-state index contributed by atoms with van der Waals surface area (Å²) in [6, 6.07) is 12.9. The topological polar surface area (TPSA) is 79.6 Å². The van der Waals surface area contributed by atoms with Crippen LogP contribution in [0.15, 0.2) is 45.8 Å². The van der Waals surface area contributed by atoms with E-state index in [9.17, 15) is 14.9 Å². The van der Waals surface area contributed by atoms with Crippen molar-refractivity contribution in [2.24, 2.45) is 0 Å². The Hall–Kier alpha value is -2.76. The van der Waals surface area contributed by atoms with E-state index >= 15 is 0 Å². The normalized spacial score (nSPS) is 14.9. The summed E-state index contributed by atoms with van der Waals surface area (Å²) < 4.78 is 12.0. The Morgan fingerprint density at radius 2 is 2.03 bits per heavy atom. The molecule has 0 radical (unpaired) electrons.